The van der Waals surface area contributed by atoms with Gasteiger partial charge in [-0.2, -0.15) is 0 Å². The summed E-state index contributed by atoms with van der Waals surface area (Å²) in [4.78, 5) is 25.2. The molecule has 0 saturated carbocycles. The topological polar surface area (TPSA) is 73.5 Å². The predicted molar refractivity (Wildman–Crippen MR) is 136 cm³/mol. The third kappa shape index (κ3) is 5.77. The van der Waals surface area contributed by atoms with Crippen LogP contribution in [0.2, 0.25) is 5.02 Å². The molecule has 1 aromatic heterocycles. The molecular formula is C26H31ClFN5O2. The van der Waals surface area contributed by atoms with E-state index in [0.717, 1.165) is 69.9 Å². The lowest BCUT2D eigenvalue weighted by molar-refractivity contribution is -0.125. The standard InChI is InChI=1S/C26H31ClFN5O2/c27-22-6-5-20(16-21(22)25-30-23-7-4-19(28)15-24(23)31-25)33-10-1-3-18(17-33)26(34)29-8-2-9-32-11-13-35-14-12-32/h4-7,15-16,18H,1-3,8-14,17H2,(H,29,34)(H,30,31)/t18-/m1/s1. The lowest BCUT2D eigenvalue weighted by Crippen LogP contribution is -2.44. The minimum absolute atomic E-state index is 0.0413. The summed E-state index contributed by atoms with van der Waals surface area (Å²) in [5.74, 6) is 0.376. The van der Waals surface area contributed by atoms with Crippen LogP contribution in [0.1, 0.15) is 19.3 Å². The monoisotopic (exact) mass is 499 g/mol. The molecule has 2 saturated heterocycles. The molecule has 2 fully saturated rings. The molecule has 0 unspecified atom stereocenters. The van der Waals surface area contributed by atoms with Crippen LogP contribution >= 0.6 is 11.6 Å². The van der Waals surface area contributed by atoms with Gasteiger partial charge in [-0.05, 0) is 62.2 Å². The second kappa shape index (κ2) is 10.9. The maximum Gasteiger partial charge on any atom is 0.224 e. The molecule has 5 rings (SSSR count). The van der Waals surface area contributed by atoms with E-state index in [2.05, 4.69) is 25.1 Å². The molecule has 186 valence electrons. The Hall–Kier alpha value is -2.68. The van der Waals surface area contributed by atoms with Gasteiger partial charge in [0.05, 0.1) is 35.2 Å². The number of amides is 1. The average Bonchev–Trinajstić information content (AvgIpc) is 3.30. The normalized spacial score (nSPS) is 19.3. The maximum absolute atomic E-state index is 13.6. The lowest BCUT2D eigenvalue weighted by Gasteiger charge is -2.34. The van der Waals surface area contributed by atoms with Gasteiger partial charge in [0.2, 0.25) is 5.91 Å². The van der Waals surface area contributed by atoms with Crippen LogP contribution < -0.4 is 10.2 Å². The Labute approximate surface area is 209 Å². The van der Waals surface area contributed by atoms with E-state index < -0.39 is 0 Å². The van der Waals surface area contributed by atoms with E-state index in [4.69, 9.17) is 16.3 Å². The molecule has 7 nitrogen and oxygen atoms in total. The van der Waals surface area contributed by atoms with Crippen molar-refractivity contribution in [1.29, 1.82) is 0 Å². The summed E-state index contributed by atoms with van der Waals surface area (Å²) in [7, 11) is 0. The number of ether oxygens (including phenoxy) is 1. The molecule has 2 aliphatic rings. The third-order valence-electron chi connectivity index (χ3n) is 6.86. The van der Waals surface area contributed by atoms with Crippen LogP contribution in [-0.2, 0) is 9.53 Å². The minimum atomic E-state index is -0.314. The Morgan fingerprint density at radius 1 is 1.20 bits per heavy atom. The third-order valence-corrected chi connectivity index (χ3v) is 7.19. The van der Waals surface area contributed by atoms with Gasteiger partial charge in [0.1, 0.15) is 11.6 Å². The number of fused-ring (bicyclic) bond motifs is 1. The first-order valence-corrected chi connectivity index (χ1v) is 12.7. The van der Waals surface area contributed by atoms with Gasteiger partial charge in [-0.1, -0.05) is 11.6 Å². The molecule has 2 aliphatic heterocycles. The van der Waals surface area contributed by atoms with Crippen LogP contribution in [-0.4, -0.2) is 73.3 Å². The molecule has 2 N–H and O–H groups in total. The molecule has 35 heavy (non-hydrogen) atoms. The Bertz CT molecular complexity index is 1180. The molecule has 1 atom stereocenters. The van der Waals surface area contributed by atoms with Crippen molar-refractivity contribution in [2.45, 2.75) is 19.3 Å². The molecule has 3 aromatic rings. The fourth-order valence-electron chi connectivity index (χ4n) is 4.91. The van der Waals surface area contributed by atoms with E-state index in [1.54, 1.807) is 6.07 Å². The summed E-state index contributed by atoms with van der Waals surface area (Å²) < 4.78 is 19.0. The molecule has 2 aromatic carbocycles. The first-order chi connectivity index (χ1) is 17.1. The van der Waals surface area contributed by atoms with Crippen molar-refractivity contribution in [1.82, 2.24) is 20.2 Å². The number of morpholine rings is 1. The number of aromatic amines is 1. The highest BCUT2D eigenvalue weighted by atomic mass is 35.5. The van der Waals surface area contributed by atoms with Crippen LogP contribution in [0, 0.1) is 11.7 Å². The molecule has 0 bridgehead atoms. The van der Waals surface area contributed by atoms with Crippen molar-refractivity contribution in [3.8, 4) is 11.4 Å². The number of piperidine rings is 1. The van der Waals surface area contributed by atoms with Gasteiger partial charge in [-0.3, -0.25) is 9.69 Å². The first-order valence-electron chi connectivity index (χ1n) is 12.3. The van der Waals surface area contributed by atoms with Crippen molar-refractivity contribution < 1.29 is 13.9 Å². The number of hydrogen-bond donors (Lipinski definition) is 2. The number of H-pyrrole nitrogens is 1. The number of aromatic nitrogens is 2. The van der Waals surface area contributed by atoms with Gasteiger partial charge in [-0.25, -0.2) is 9.37 Å². The van der Waals surface area contributed by atoms with E-state index >= 15 is 0 Å². The molecule has 0 aliphatic carbocycles. The van der Waals surface area contributed by atoms with Crippen LogP contribution in [0.3, 0.4) is 0 Å². The minimum Gasteiger partial charge on any atom is -0.379 e. The molecule has 9 heteroatoms. The zero-order valence-electron chi connectivity index (χ0n) is 19.7. The number of anilines is 1. The van der Waals surface area contributed by atoms with Gasteiger partial charge in [0, 0.05) is 44.0 Å². The summed E-state index contributed by atoms with van der Waals surface area (Å²) in [5.41, 5.74) is 3.08. The fourth-order valence-corrected chi connectivity index (χ4v) is 5.12. The molecule has 0 radical (unpaired) electrons. The highest BCUT2D eigenvalue weighted by molar-refractivity contribution is 6.33. The number of nitrogens with one attached hydrogen (secondary N) is 2. The lowest BCUT2D eigenvalue weighted by atomic mass is 9.96. The second-order valence-electron chi connectivity index (χ2n) is 9.29. The molecule has 1 amide bonds. The summed E-state index contributed by atoms with van der Waals surface area (Å²) in [6.45, 7) is 6.78. The number of hydrogen-bond acceptors (Lipinski definition) is 5. The van der Waals surface area contributed by atoms with E-state index in [1.165, 1.54) is 12.1 Å². The van der Waals surface area contributed by atoms with Crippen LogP contribution in [0.25, 0.3) is 22.4 Å². The molecule has 3 heterocycles. The van der Waals surface area contributed by atoms with Gasteiger partial charge in [0.15, 0.2) is 0 Å². The first kappa shape index (κ1) is 24.0. The van der Waals surface area contributed by atoms with E-state index in [0.29, 0.717) is 35.0 Å². The average molecular weight is 500 g/mol. The zero-order valence-corrected chi connectivity index (χ0v) is 20.5. The Morgan fingerprint density at radius 3 is 2.91 bits per heavy atom. The van der Waals surface area contributed by atoms with Gasteiger partial charge in [-0.15, -0.1) is 0 Å². The van der Waals surface area contributed by atoms with Crippen molar-refractivity contribution in [2.75, 3.05) is 57.4 Å². The van der Waals surface area contributed by atoms with E-state index in [1.807, 2.05) is 18.2 Å². The number of carbonyl (C=O) groups is 1. The number of imidazole rings is 1. The summed E-state index contributed by atoms with van der Waals surface area (Å²) in [5, 5.41) is 3.71. The summed E-state index contributed by atoms with van der Waals surface area (Å²) >= 11 is 6.51. The highest BCUT2D eigenvalue weighted by Gasteiger charge is 2.26. The number of nitrogens with zero attached hydrogens (tertiary/aromatic N) is 3. The summed E-state index contributed by atoms with van der Waals surface area (Å²) in [6.07, 6.45) is 2.79. The van der Waals surface area contributed by atoms with Crippen LogP contribution in [0.4, 0.5) is 10.1 Å². The fraction of sp³-hybridized carbons (Fsp3) is 0.462. The quantitative estimate of drug-likeness (QED) is 0.479. The highest BCUT2D eigenvalue weighted by Crippen LogP contribution is 2.33. The number of halogens is 2. The maximum atomic E-state index is 13.6. The van der Waals surface area contributed by atoms with Crippen LogP contribution in [0.15, 0.2) is 36.4 Å². The van der Waals surface area contributed by atoms with Crippen LogP contribution in [0.5, 0.6) is 0 Å². The van der Waals surface area contributed by atoms with Crippen molar-refractivity contribution in [3.05, 3.63) is 47.2 Å². The Morgan fingerprint density at radius 2 is 2.06 bits per heavy atom. The Balaban J connectivity index is 1.21. The van der Waals surface area contributed by atoms with Crippen molar-refractivity contribution in [3.63, 3.8) is 0 Å². The number of rotatable bonds is 7. The smallest absolute Gasteiger partial charge is 0.224 e. The Kier molecular flexibility index (Phi) is 7.51. The largest absolute Gasteiger partial charge is 0.379 e. The molecular weight excluding hydrogens is 469 g/mol. The summed E-state index contributed by atoms with van der Waals surface area (Å²) in [6, 6.07) is 10.3. The molecule has 0 spiro atoms. The second-order valence-corrected chi connectivity index (χ2v) is 9.70. The van der Waals surface area contributed by atoms with Crippen molar-refractivity contribution in [2.24, 2.45) is 5.92 Å². The number of carbonyl (C=O) groups excluding carboxylic acids is 1. The van der Waals surface area contributed by atoms with Gasteiger partial charge >= 0.3 is 0 Å². The van der Waals surface area contributed by atoms with E-state index in [-0.39, 0.29) is 17.6 Å². The number of benzene rings is 2. The zero-order chi connectivity index (χ0) is 24.2. The SMILES string of the molecule is O=C(NCCCN1CCOCC1)[C@@H]1CCCN(c2ccc(Cl)c(-c3nc4ccc(F)cc4[nH]3)c2)C1. The van der Waals surface area contributed by atoms with Crippen molar-refractivity contribution >= 4 is 34.2 Å². The predicted octanol–water partition coefficient (Wildman–Crippen LogP) is 4.08. The van der Waals surface area contributed by atoms with Gasteiger partial charge < -0.3 is 19.9 Å². The van der Waals surface area contributed by atoms with E-state index in [9.17, 15) is 9.18 Å². The van der Waals surface area contributed by atoms with Gasteiger partial charge in [0.25, 0.3) is 0 Å².